The maximum absolute atomic E-state index is 11.3. The molecule has 0 aliphatic carbocycles. The molecule has 0 rings (SSSR count). The molecule has 0 heterocycles. The van der Waals surface area contributed by atoms with Crippen LogP contribution < -0.4 is 0 Å². The topological polar surface area (TPSA) is 29.4 Å². The molecule has 0 atom stereocenters. The second kappa shape index (κ2) is 2.76. The SMILES string of the molecule is C=NC(=O)C(C)(C)C(C)(C)C. The minimum absolute atomic E-state index is 0.0642. The number of hydrogen-bond donors (Lipinski definition) is 0. The molecular weight excluding hydrogens is 138 g/mol. The molecule has 0 aliphatic rings. The molecular formula is C9H17NO. The Morgan fingerprint density at radius 3 is 1.64 bits per heavy atom. The van der Waals surface area contributed by atoms with Crippen LogP contribution in [-0.2, 0) is 4.79 Å². The van der Waals surface area contributed by atoms with Crippen molar-refractivity contribution in [1.82, 2.24) is 0 Å². The van der Waals surface area contributed by atoms with Crippen LogP contribution in [0.1, 0.15) is 34.6 Å². The molecule has 11 heavy (non-hydrogen) atoms. The van der Waals surface area contributed by atoms with Crippen LogP contribution >= 0.6 is 0 Å². The lowest BCUT2D eigenvalue weighted by atomic mass is 9.69. The normalized spacial score (nSPS) is 12.8. The highest BCUT2D eigenvalue weighted by atomic mass is 16.1. The maximum Gasteiger partial charge on any atom is 0.251 e. The van der Waals surface area contributed by atoms with Crippen LogP contribution in [0.5, 0.6) is 0 Å². The van der Waals surface area contributed by atoms with E-state index in [0.29, 0.717) is 0 Å². The molecule has 0 aliphatic heterocycles. The van der Waals surface area contributed by atoms with Gasteiger partial charge in [0.15, 0.2) is 0 Å². The summed E-state index contributed by atoms with van der Waals surface area (Å²) < 4.78 is 0. The number of nitrogens with zero attached hydrogens (tertiary/aromatic N) is 1. The Balaban J connectivity index is 4.73. The zero-order valence-electron chi connectivity index (χ0n) is 8.06. The van der Waals surface area contributed by atoms with Crippen molar-refractivity contribution in [2.45, 2.75) is 34.6 Å². The van der Waals surface area contributed by atoms with E-state index in [4.69, 9.17) is 0 Å². The Hall–Kier alpha value is -0.660. The van der Waals surface area contributed by atoms with E-state index in [0.717, 1.165) is 0 Å². The number of carbonyl (C=O) groups excluding carboxylic acids is 1. The van der Waals surface area contributed by atoms with E-state index in [1.807, 2.05) is 34.6 Å². The van der Waals surface area contributed by atoms with Crippen LogP contribution in [0, 0.1) is 10.8 Å². The summed E-state index contributed by atoms with van der Waals surface area (Å²) in [7, 11) is 0. The Bertz CT molecular complexity index is 174. The van der Waals surface area contributed by atoms with Crippen LogP contribution in [-0.4, -0.2) is 12.6 Å². The van der Waals surface area contributed by atoms with E-state index >= 15 is 0 Å². The first-order valence-corrected chi connectivity index (χ1v) is 3.74. The number of amides is 1. The van der Waals surface area contributed by atoms with Gasteiger partial charge in [-0.3, -0.25) is 4.79 Å². The molecule has 0 saturated heterocycles. The lowest BCUT2D eigenvalue weighted by Gasteiger charge is -2.35. The van der Waals surface area contributed by atoms with E-state index in [-0.39, 0.29) is 11.3 Å². The van der Waals surface area contributed by atoms with Crippen molar-refractivity contribution in [3.63, 3.8) is 0 Å². The van der Waals surface area contributed by atoms with Crippen LogP contribution in [0.25, 0.3) is 0 Å². The van der Waals surface area contributed by atoms with E-state index in [2.05, 4.69) is 11.7 Å². The minimum Gasteiger partial charge on any atom is -0.272 e. The van der Waals surface area contributed by atoms with Crippen molar-refractivity contribution in [3.05, 3.63) is 0 Å². The molecule has 0 unspecified atom stereocenters. The van der Waals surface area contributed by atoms with Gasteiger partial charge in [0.2, 0.25) is 0 Å². The summed E-state index contributed by atoms with van der Waals surface area (Å²) in [5, 5.41) is 0. The predicted molar refractivity (Wildman–Crippen MR) is 47.8 cm³/mol. The third-order valence-corrected chi connectivity index (χ3v) is 2.55. The van der Waals surface area contributed by atoms with Crippen molar-refractivity contribution in [1.29, 1.82) is 0 Å². The summed E-state index contributed by atoms with van der Waals surface area (Å²) in [5.74, 6) is -0.134. The highest BCUT2D eigenvalue weighted by Crippen LogP contribution is 2.38. The highest BCUT2D eigenvalue weighted by Gasteiger charge is 2.39. The average molecular weight is 155 g/mol. The fourth-order valence-electron chi connectivity index (χ4n) is 0.518. The standard InChI is InChI=1S/C9H17NO/c1-8(2,3)9(4,5)7(11)10-6/h6H2,1-5H3. The number of hydrogen-bond acceptors (Lipinski definition) is 1. The lowest BCUT2D eigenvalue weighted by molar-refractivity contribution is -0.130. The van der Waals surface area contributed by atoms with E-state index < -0.39 is 5.41 Å². The first-order chi connectivity index (χ1) is 4.73. The predicted octanol–water partition coefficient (Wildman–Crippen LogP) is 2.29. The third-order valence-electron chi connectivity index (χ3n) is 2.55. The third kappa shape index (κ3) is 1.88. The molecule has 0 aromatic carbocycles. The van der Waals surface area contributed by atoms with Crippen LogP contribution in [0.4, 0.5) is 0 Å². The molecule has 0 aromatic rings. The smallest absolute Gasteiger partial charge is 0.251 e. The zero-order valence-corrected chi connectivity index (χ0v) is 8.06. The molecule has 0 radical (unpaired) electrons. The van der Waals surface area contributed by atoms with Crippen molar-refractivity contribution >= 4 is 12.6 Å². The van der Waals surface area contributed by atoms with Gasteiger partial charge in [0.1, 0.15) is 0 Å². The monoisotopic (exact) mass is 155 g/mol. The lowest BCUT2D eigenvalue weighted by Crippen LogP contribution is -2.36. The van der Waals surface area contributed by atoms with E-state index in [1.54, 1.807) is 0 Å². The van der Waals surface area contributed by atoms with Gasteiger partial charge in [-0.05, 0) is 12.1 Å². The molecule has 0 spiro atoms. The van der Waals surface area contributed by atoms with Gasteiger partial charge in [0, 0.05) is 0 Å². The summed E-state index contributed by atoms with van der Waals surface area (Å²) in [5.41, 5.74) is -0.486. The van der Waals surface area contributed by atoms with Crippen LogP contribution in [0.2, 0.25) is 0 Å². The first-order valence-electron chi connectivity index (χ1n) is 3.74. The number of aliphatic imine (C=N–C) groups is 1. The molecule has 0 bridgehead atoms. The Kier molecular flexibility index (Phi) is 2.60. The van der Waals surface area contributed by atoms with Gasteiger partial charge >= 0.3 is 0 Å². The molecule has 0 fully saturated rings. The van der Waals surface area contributed by atoms with Gasteiger partial charge in [0.05, 0.1) is 5.41 Å². The molecule has 0 saturated carbocycles. The van der Waals surface area contributed by atoms with Crippen molar-refractivity contribution < 1.29 is 4.79 Å². The Morgan fingerprint density at radius 2 is 1.55 bits per heavy atom. The fraction of sp³-hybridized carbons (Fsp3) is 0.778. The fourth-order valence-corrected chi connectivity index (χ4v) is 0.518. The largest absolute Gasteiger partial charge is 0.272 e. The van der Waals surface area contributed by atoms with Crippen molar-refractivity contribution in [3.8, 4) is 0 Å². The molecule has 2 heteroatoms. The van der Waals surface area contributed by atoms with Gasteiger partial charge in [-0.2, -0.15) is 0 Å². The van der Waals surface area contributed by atoms with Gasteiger partial charge in [-0.25, -0.2) is 4.99 Å². The maximum atomic E-state index is 11.3. The van der Waals surface area contributed by atoms with Crippen LogP contribution in [0.15, 0.2) is 4.99 Å². The molecule has 1 amide bonds. The van der Waals surface area contributed by atoms with Crippen molar-refractivity contribution in [2.75, 3.05) is 0 Å². The molecule has 0 aromatic heterocycles. The number of carbonyl (C=O) groups is 1. The van der Waals surface area contributed by atoms with Gasteiger partial charge in [-0.1, -0.05) is 34.6 Å². The van der Waals surface area contributed by atoms with E-state index in [9.17, 15) is 4.79 Å². The molecule has 64 valence electrons. The Morgan fingerprint density at radius 1 is 1.18 bits per heavy atom. The average Bonchev–Trinajstić information content (AvgIpc) is 1.83. The summed E-state index contributed by atoms with van der Waals surface area (Å²) in [4.78, 5) is 14.7. The summed E-state index contributed by atoms with van der Waals surface area (Å²) in [6.07, 6.45) is 0. The molecule has 0 N–H and O–H groups in total. The second-order valence-corrected chi connectivity index (χ2v) is 4.34. The van der Waals surface area contributed by atoms with Gasteiger partial charge < -0.3 is 0 Å². The molecule has 2 nitrogen and oxygen atoms in total. The van der Waals surface area contributed by atoms with Crippen LogP contribution in [0.3, 0.4) is 0 Å². The first kappa shape index (κ1) is 10.3. The summed E-state index contributed by atoms with van der Waals surface area (Å²) in [6, 6.07) is 0. The zero-order chi connectivity index (χ0) is 9.28. The van der Waals surface area contributed by atoms with Gasteiger partial charge in [-0.15, -0.1) is 0 Å². The summed E-state index contributed by atoms with van der Waals surface area (Å²) >= 11 is 0. The number of rotatable bonds is 1. The second-order valence-electron chi connectivity index (χ2n) is 4.34. The van der Waals surface area contributed by atoms with Gasteiger partial charge in [0.25, 0.3) is 5.91 Å². The summed E-state index contributed by atoms with van der Waals surface area (Å²) in [6.45, 7) is 13.1. The Labute approximate surface area is 68.7 Å². The highest BCUT2D eigenvalue weighted by molar-refractivity contribution is 5.86. The van der Waals surface area contributed by atoms with Crippen molar-refractivity contribution in [2.24, 2.45) is 15.8 Å². The van der Waals surface area contributed by atoms with E-state index in [1.165, 1.54) is 0 Å². The quantitative estimate of drug-likeness (QED) is 0.534. The minimum atomic E-state index is -0.422.